The van der Waals surface area contributed by atoms with Crippen molar-refractivity contribution in [3.8, 4) is 17.0 Å². The maximum absolute atomic E-state index is 14.7. The highest BCUT2D eigenvalue weighted by Crippen LogP contribution is 2.49. The van der Waals surface area contributed by atoms with Crippen molar-refractivity contribution in [2.75, 3.05) is 20.3 Å². The number of morpholine rings is 1. The van der Waals surface area contributed by atoms with Crippen LogP contribution in [0, 0.1) is 6.92 Å². The van der Waals surface area contributed by atoms with E-state index in [9.17, 15) is 18.0 Å². The van der Waals surface area contributed by atoms with Gasteiger partial charge >= 0.3 is 0 Å². The van der Waals surface area contributed by atoms with E-state index >= 15 is 0 Å². The normalized spacial score (nSPS) is 21.5. The zero-order chi connectivity index (χ0) is 37.5. The van der Waals surface area contributed by atoms with E-state index in [1.165, 1.54) is 12.0 Å². The van der Waals surface area contributed by atoms with E-state index < -0.39 is 21.2 Å². The Balaban J connectivity index is 1.27. The highest BCUT2D eigenvalue weighted by Gasteiger charge is 2.44. The first kappa shape index (κ1) is 35.3. The molecule has 1 N–H and O–H groups in total. The number of nitrogens with zero attached hydrogens (tertiary/aromatic N) is 4. The number of allylic oxidation sites excluding steroid dienone is 1. The third kappa shape index (κ3) is 5.79. The molecule has 54 heavy (non-hydrogen) atoms. The summed E-state index contributed by atoms with van der Waals surface area (Å²) >= 11 is 0. The zero-order valence-electron chi connectivity index (χ0n) is 31.6. The van der Waals surface area contributed by atoms with Crippen molar-refractivity contribution in [2.24, 2.45) is 0 Å². The number of carbonyl (C=O) groups excluding carboxylic acids is 2. The van der Waals surface area contributed by atoms with Gasteiger partial charge in [0.25, 0.3) is 11.8 Å². The Kier molecular flexibility index (Phi) is 8.76. The molecule has 4 fully saturated rings. The molecule has 11 nitrogen and oxygen atoms in total. The first-order chi connectivity index (χ1) is 26.0. The van der Waals surface area contributed by atoms with E-state index in [0.29, 0.717) is 31.2 Å². The third-order valence-electron chi connectivity index (χ3n) is 12.6. The van der Waals surface area contributed by atoms with Gasteiger partial charge in [0, 0.05) is 28.6 Å². The zero-order valence-corrected chi connectivity index (χ0v) is 32.4. The summed E-state index contributed by atoms with van der Waals surface area (Å²) in [7, 11) is -2.16. The highest BCUT2D eigenvalue weighted by atomic mass is 32.2. The topological polar surface area (TPSA) is 125 Å². The molecular weight excluding hydrogens is 703 g/mol. The first-order valence-electron chi connectivity index (χ1n) is 19.7. The van der Waals surface area contributed by atoms with Crippen molar-refractivity contribution in [3.05, 3.63) is 70.0 Å². The molecule has 2 saturated heterocycles. The maximum atomic E-state index is 14.7. The number of rotatable bonds is 8. The van der Waals surface area contributed by atoms with Crippen molar-refractivity contribution in [1.82, 2.24) is 24.0 Å². The predicted octanol–water partition coefficient (Wildman–Crippen LogP) is 7.23. The molecule has 0 spiro atoms. The number of methoxy groups -OCH3 is 1. The van der Waals surface area contributed by atoms with Crippen molar-refractivity contribution >= 4 is 44.4 Å². The number of aryl methyl sites for hydroxylation is 1. The minimum absolute atomic E-state index is 0.00527. The SMILES string of the molecule is COc1ccc2c(c1)C=C(c1c(C(=O)N3C[C@@H]4C[C@H]3CO4)c(C)nn1C1CCC1)Cn1c-2c(C2CCCCC2)c2ccc(C(=O)NS(=O)(=O)C(C)C)cc21. The van der Waals surface area contributed by atoms with E-state index in [2.05, 4.69) is 32.2 Å². The fraction of sp³-hybridized carbons (Fsp3) is 0.500. The number of hydrogen-bond donors (Lipinski definition) is 1. The lowest BCUT2D eigenvalue weighted by Gasteiger charge is -2.30. The van der Waals surface area contributed by atoms with Gasteiger partial charge in [-0.1, -0.05) is 25.3 Å². The second-order valence-electron chi connectivity index (χ2n) is 16.2. The minimum atomic E-state index is -3.84. The van der Waals surface area contributed by atoms with Crippen LogP contribution < -0.4 is 9.46 Å². The van der Waals surface area contributed by atoms with Crippen LogP contribution in [0.25, 0.3) is 33.8 Å². The van der Waals surface area contributed by atoms with Crippen LogP contribution >= 0.6 is 0 Å². The molecule has 2 atom stereocenters. The number of benzene rings is 2. The van der Waals surface area contributed by atoms with Crippen molar-refractivity contribution in [2.45, 2.75) is 114 Å². The molecule has 2 amide bonds. The van der Waals surface area contributed by atoms with Gasteiger partial charge in [-0.05, 0) is 118 Å². The molecule has 0 unspecified atom stereocenters. The average molecular weight is 752 g/mol. The number of sulfonamides is 1. The van der Waals surface area contributed by atoms with Crippen LogP contribution in [0.3, 0.4) is 0 Å². The molecule has 2 aromatic carbocycles. The molecule has 5 aliphatic rings. The molecule has 9 rings (SSSR count). The molecule has 284 valence electrons. The van der Waals surface area contributed by atoms with Crippen LogP contribution in [0.2, 0.25) is 0 Å². The van der Waals surface area contributed by atoms with E-state index in [0.717, 1.165) is 102 Å². The van der Waals surface area contributed by atoms with Crippen LogP contribution in [-0.4, -0.2) is 77.1 Å². The fourth-order valence-corrected chi connectivity index (χ4v) is 10.0. The number of ether oxygens (including phenoxy) is 2. The largest absolute Gasteiger partial charge is 0.497 e. The lowest BCUT2D eigenvalue weighted by atomic mass is 9.81. The van der Waals surface area contributed by atoms with Crippen LogP contribution in [0.5, 0.6) is 5.75 Å². The lowest BCUT2D eigenvalue weighted by Crippen LogP contribution is -2.42. The number of hydrogen-bond acceptors (Lipinski definition) is 7. The summed E-state index contributed by atoms with van der Waals surface area (Å²) in [6.07, 6.45) is 11.9. The number of carbonyl (C=O) groups is 2. The summed E-state index contributed by atoms with van der Waals surface area (Å²) < 4.78 is 44.0. The monoisotopic (exact) mass is 751 g/mol. The molecule has 2 bridgehead atoms. The predicted molar refractivity (Wildman–Crippen MR) is 208 cm³/mol. The Morgan fingerprint density at radius 2 is 1.78 bits per heavy atom. The smallest absolute Gasteiger partial charge is 0.264 e. The molecule has 4 aromatic rings. The summed E-state index contributed by atoms with van der Waals surface area (Å²) in [4.78, 5) is 30.3. The highest BCUT2D eigenvalue weighted by molar-refractivity contribution is 7.90. The molecule has 0 radical (unpaired) electrons. The van der Waals surface area contributed by atoms with E-state index in [1.807, 2.05) is 30.0 Å². The van der Waals surface area contributed by atoms with Crippen LogP contribution in [0.1, 0.15) is 127 Å². The van der Waals surface area contributed by atoms with Crippen LogP contribution in [-0.2, 0) is 21.3 Å². The molecule has 5 heterocycles. The van der Waals surface area contributed by atoms with Crippen LogP contribution in [0.4, 0.5) is 0 Å². The summed E-state index contributed by atoms with van der Waals surface area (Å²) in [5, 5.41) is 5.43. The molecule has 2 saturated carbocycles. The Morgan fingerprint density at radius 1 is 0.981 bits per heavy atom. The second-order valence-corrected chi connectivity index (χ2v) is 18.4. The van der Waals surface area contributed by atoms with Crippen LogP contribution in [0.15, 0.2) is 36.4 Å². The number of aromatic nitrogens is 3. The number of fused-ring (bicyclic) bond motifs is 7. The van der Waals surface area contributed by atoms with E-state index in [1.54, 1.807) is 27.0 Å². The van der Waals surface area contributed by atoms with Gasteiger partial charge in [0.05, 0.1) is 66.3 Å². The molecule has 2 aliphatic carbocycles. The summed E-state index contributed by atoms with van der Waals surface area (Å²) in [5.41, 5.74) is 8.76. The quantitative estimate of drug-likeness (QED) is 0.202. The summed E-state index contributed by atoms with van der Waals surface area (Å²) in [6, 6.07) is 12.1. The Bertz CT molecular complexity index is 2330. The van der Waals surface area contributed by atoms with Gasteiger partial charge in [-0.2, -0.15) is 5.10 Å². The minimum Gasteiger partial charge on any atom is -0.497 e. The molecular formula is C42H49N5O6S. The van der Waals surface area contributed by atoms with Crippen molar-refractivity contribution in [3.63, 3.8) is 0 Å². The molecule has 12 heteroatoms. The van der Waals surface area contributed by atoms with E-state index in [-0.39, 0.29) is 29.7 Å². The van der Waals surface area contributed by atoms with E-state index in [4.69, 9.17) is 14.6 Å². The lowest BCUT2D eigenvalue weighted by molar-refractivity contribution is 0.0258. The van der Waals surface area contributed by atoms with Gasteiger partial charge in [0.2, 0.25) is 10.0 Å². The number of nitrogens with one attached hydrogen (secondary N) is 1. The van der Waals surface area contributed by atoms with Crippen molar-refractivity contribution in [1.29, 1.82) is 0 Å². The van der Waals surface area contributed by atoms with Gasteiger partial charge in [0.15, 0.2) is 0 Å². The maximum Gasteiger partial charge on any atom is 0.264 e. The standard InChI is InChI=1S/C42H49N5O6S/c1-24(2)54(50,51)44-41(48)27-13-15-35-36(19-27)46-21-29(17-28-18-32(52-4)14-16-34(28)40(46)38(35)26-9-6-5-7-10-26)39-37(25(3)43-47(39)30-11-8-12-30)42(49)45-22-33-20-31(45)23-53-33/h13-19,24,26,30-31,33H,5-12,20-23H2,1-4H3,(H,44,48)/t31-,33-/m0/s1. The number of likely N-dealkylation sites (tertiary alicyclic amines) is 1. The van der Waals surface area contributed by atoms with Gasteiger partial charge in [-0.15, -0.1) is 0 Å². The Morgan fingerprint density at radius 3 is 2.44 bits per heavy atom. The van der Waals surface area contributed by atoms with Crippen molar-refractivity contribution < 1.29 is 27.5 Å². The third-order valence-corrected chi connectivity index (χ3v) is 14.3. The van der Waals surface area contributed by atoms with Gasteiger partial charge in [-0.25, -0.2) is 13.1 Å². The van der Waals surface area contributed by atoms with Gasteiger partial charge in [0.1, 0.15) is 5.75 Å². The molecule has 3 aliphatic heterocycles. The second kappa shape index (κ2) is 13.4. The average Bonchev–Trinajstić information content (AvgIpc) is 3.90. The fourth-order valence-electron chi connectivity index (χ4n) is 9.43. The van der Waals surface area contributed by atoms with Gasteiger partial charge in [-0.3, -0.25) is 14.3 Å². The first-order valence-corrected chi connectivity index (χ1v) is 21.2. The Hall–Kier alpha value is -4.42. The molecule has 2 aromatic heterocycles. The Labute approximate surface area is 316 Å². The summed E-state index contributed by atoms with van der Waals surface area (Å²) in [5.74, 6) is 0.422. The number of amides is 2. The van der Waals surface area contributed by atoms with Gasteiger partial charge < -0.3 is 18.9 Å². The summed E-state index contributed by atoms with van der Waals surface area (Å²) in [6.45, 7) is 6.65.